The average Bonchev–Trinajstić information content (AvgIpc) is 2.09. The van der Waals surface area contributed by atoms with Crippen LogP contribution < -0.4 is 0 Å². The smallest absolute Gasteiger partial charge is 0.304 e. The normalized spacial score (nSPS) is 11.4. The van der Waals surface area contributed by atoms with E-state index in [4.69, 9.17) is 5.11 Å². The predicted octanol–water partition coefficient (Wildman–Crippen LogP) is 1.99. The second-order valence-corrected chi connectivity index (χ2v) is 4.24. The maximum absolute atomic E-state index is 13.5. The summed E-state index contributed by atoms with van der Waals surface area (Å²) < 4.78 is 13.5. The molecule has 0 bridgehead atoms. The van der Waals surface area contributed by atoms with Gasteiger partial charge in [-0.1, -0.05) is 13.8 Å². The lowest BCUT2D eigenvalue weighted by Crippen LogP contribution is -2.23. The first-order valence-electron chi connectivity index (χ1n) is 4.68. The minimum atomic E-state index is -1.10. The molecule has 1 aromatic carbocycles. The molecule has 4 nitrogen and oxygen atoms in total. The first kappa shape index (κ1) is 12.3. The molecule has 0 aliphatic heterocycles. The van der Waals surface area contributed by atoms with Crippen LogP contribution >= 0.6 is 0 Å². The lowest BCUT2D eigenvalue weighted by molar-refractivity contribution is -0.138. The fraction of sp³-hybridized carbons (Fsp3) is 0.364. The number of hydrogen-bond donors (Lipinski definition) is 3. The Morgan fingerprint density at radius 1 is 1.38 bits per heavy atom. The summed E-state index contributed by atoms with van der Waals surface area (Å²) in [6.45, 7) is 2.97. The van der Waals surface area contributed by atoms with Gasteiger partial charge in [0.1, 0.15) is 5.82 Å². The monoisotopic (exact) mass is 228 g/mol. The molecule has 0 fully saturated rings. The number of halogens is 1. The van der Waals surface area contributed by atoms with Crippen LogP contribution in [0.1, 0.15) is 25.8 Å². The van der Waals surface area contributed by atoms with Gasteiger partial charge in [-0.05, 0) is 12.1 Å². The second kappa shape index (κ2) is 4.00. The number of aliphatic carboxylic acids is 1. The Morgan fingerprint density at radius 2 is 1.94 bits per heavy atom. The van der Waals surface area contributed by atoms with Crippen LogP contribution in [0.5, 0.6) is 11.5 Å². The molecular formula is C11H13FO4. The molecule has 16 heavy (non-hydrogen) atoms. The van der Waals surface area contributed by atoms with Gasteiger partial charge in [0.2, 0.25) is 0 Å². The number of carboxylic acids is 1. The maximum atomic E-state index is 13.5. The molecule has 0 unspecified atom stereocenters. The van der Waals surface area contributed by atoms with E-state index in [-0.39, 0.29) is 12.0 Å². The molecule has 0 spiro atoms. The molecule has 0 amide bonds. The molecule has 88 valence electrons. The number of phenols is 2. The summed E-state index contributed by atoms with van der Waals surface area (Å²) in [4.78, 5) is 10.6. The zero-order valence-corrected chi connectivity index (χ0v) is 8.99. The summed E-state index contributed by atoms with van der Waals surface area (Å²) in [5, 5.41) is 27.5. The number of phenolic OH excluding ortho intramolecular Hbond substituents is 2. The van der Waals surface area contributed by atoms with Crippen LogP contribution in [0.3, 0.4) is 0 Å². The van der Waals surface area contributed by atoms with Crippen LogP contribution in [0.15, 0.2) is 12.1 Å². The molecule has 0 saturated carbocycles. The van der Waals surface area contributed by atoms with Crippen molar-refractivity contribution in [2.24, 2.45) is 0 Å². The number of benzene rings is 1. The Bertz CT molecular complexity index is 426. The first-order chi connectivity index (χ1) is 7.25. The van der Waals surface area contributed by atoms with Gasteiger partial charge in [0.05, 0.1) is 6.42 Å². The fourth-order valence-corrected chi connectivity index (χ4v) is 1.67. The lowest BCUT2D eigenvalue weighted by atomic mass is 9.80. The average molecular weight is 228 g/mol. The minimum Gasteiger partial charge on any atom is -0.504 e. The van der Waals surface area contributed by atoms with Gasteiger partial charge in [-0.3, -0.25) is 4.79 Å². The number of hydrogen-bond acceptors (Lipinski definition) is 3. The molecule has 0 aliphatic carbocycles. The third-order valence-electron chi connectivity index (χ3n) is 2.38. The van der Waals surface area contributed by atoms with Crippen molar-refractivity contribution >= 4 is 5.97 Å². The van der Waals surface area contributed by atoms with Gasteiger partial charge < -0.3 is 15.3 Å². The van der Waals surface area contributed by atoms with Crippen molar-refractivity contribution in [3.63, 3.8) is 0 Å². The van der Waals surface area contributed by atoms with E-state index in [0.29, 0.717) is 0 Å². The number of aromatic hydroxyl groups is 2. The molecule has 0 aliphatic rings. The highest BCUT2D eigenvalue weighted by molar-refractivity contribution is 5.69. The highest BCUT2D eigenvalue weighted by Gasteiger charge is 2.31. The molecule has 0 saturated heterocycles. The molecule has 1 aromatic rings. The van der Waals surface area contributed by atoms with Crippen LogP contribution in [0.25, 0.3) is 0 Å². The molecule has 0 radical (unpaired) electrons. The summed E-state index contributed by atoms with van der Waals surface area (Å²) in [6, 6.07) is 2.01. The Labute approximate surface area is 92.0 Å². The van der Waals surface area contributed by atoms with Crippen molar-refractivity contribution < 1.29 is 24.5 Å². The van der Waals surface area contributed by atoms with E-state index in [2.05, 4.69) is 0 Å². The second-order valence-electron chi connectivity index (χ2n) is 4.24. The SMILES string of the molecule is CC(C)(CC(=O)O)c1c(F)ccc(O)c1O. The first-order valence-corrected chi connectivity index (χ1v) is 4.68. The minimum absolute atomic E-state index is 0.185. The van der Waals surface area contributed by atoms with Gasteiger partial charge in [0.15, 0.2) is 11.5 Å². The van der Waals surface area contributed by atoms with Gasteiger partial charge in [0, 0.05) is 11.0 Å². The van der Waals surface area contributed by atoms with E-state index >= 15 is 0 Å². The van der Waals surface area contributed by atoms with Crippen LogP contribution in [-0.4, -0.2) is 21.3 Å². The molecular weight excluding hydrogens is 215 g/mol. The third kappa shape index (κ3) is 2.24. The number of carbonyl (C=O) groups is 1. The summed E-state index contributed by atoms with van der Waals surface area (Å²) in [5.74, 6) is -2.91. The van der Waals surface area contributed by atoms with Crippen LogP contribution in [0, 0.1) is 5.82 Å². The maximum Gasteiger partial charge on any atom is 0.304 e. The standard InChI is InChI=1S/C11H13FO4/c1-11(2,5-8(14)15)9-6(12)3-4-7(13)10(9)16/h3-4,13,16H,5H2,1-2H3,(H,14,15). The summed E-state index contributed by atoms with van der Waals surface area (Å²) in [5.41, 5.74) is -1.28. The van der Waals surface area contributed by atoms with Gasteiger partial charge in [-0.25, -0.2) is 4.39 Å². The van der Waals surface area contributed by atoms with Crippen molar-refractivity contribution in [3.8, 4) is 11.5 Å². The van der Waals surface area contributed by atoms with Crippen molar-refractivity contribution in [3.05, 3.63) is 23.5 Å². The van der Waals surface area contributed by atoms with E-state index in [9.17, 15) is 19.4 Å². The topological polar surface area (TPSA) is 77.8 Å². The fourth-order valence-electron chi connectivity index (χ4n) is 1.67. The van der Waals surface area contributed by atoms with E-state index < -0.39 is 28.7 Å². The molecule has 0 heterocycles. The van der Waals surface area contributed by atoms with Crippen molar-refractivity contribution in [1.82, 2.24) is 0 Å². The largest absolute Gasteiger partial charge is 0.504 e. The van der Waals surface area contributed by atoms with E-state index in [1.165, 1.54) is 13.8 Å². The molecule has 3 N–H and O–H groups in total. The summed E-state index contributed by atoms with van der Waals surface area (Å²) in [6.07, 6.45) is -0.346. The van der Waals surface area contributed by atoms with Crippen LogP contribution in [0.2, 0.25) is 0 Å². The quantitative estimate of drug-likeness (QED) is 0.691. The molecule has 0 aromatic heterocycles. The molecule has 5 heteroatoms. The van der Waals surface area contributed by atoms with E-state index in [1.807, 2.05) is 0 Å². The van der Waals surface area contributed by atoms with Gasteiger partial charge in [-0.15, -0.1) is 0 Å². The Kier molecular flexibility index (Phi) is 3.07. The summed E-state index contributed by atoms with van der Waals surface area (Å²) >= 11 is 0. The lowest BCUT2D eigenvalue weighted by Gasteiger charge is -2.24. The van der Waals surface area contributed by atoms with E-state index in [1.54, 1.807) is 0 Å². The van der Waals surface area contributed by atoms with Crippen LogP contribution in [0.4, 0.5) is 4.39 Å². The third-order valence-corrected chi connectivity index (χ3v) is 2.38. The van der Waals surface area contributed by atoms with Crippen molar-refractivity contribution in [2.45, 2.75) is 25.7 Å². The summed E-state index contributed by atoms with van der Waals surface area (Å²) in [7, 11) is 0. The zero-order valence-electron chi connectivity index (χ0n) is 8.99. The molecule has 0 atom stereocenters. The van der Waals surface area contributed by atoms with Gasteiger partial charge >= 0.3 is 5.97 Å². The van der Waals surface area contributed by atoms with Crippen molar-refractivity contribution in [1.29, 1.82) is 0 Å². The van der Waals surface area contributed by atoms with Gasteiger partial charge in [0.25, 0.3) is 0 Å². The molecule has 1 rings (SSSR count). The van der Waals surface area contributed by atoms with E-state index in [0.717, 1.165) is 12.1 Å². The number of rotatable bonds is 3. The Morgan fingerprint density at radius 3 is 2.44 bits per heavy atom. The number of carboxylic acid groups (broad SMARTS) is 1. The highest BCUT2D eigenvalue weighted by Crippen LogP contribution is 2.40. The Balaban J connectivity index is 3.31. The zero-order chi connectivity index (χ0) is 12.5. The van der Waals surface area contributed by atoms with Gasteiger partial charge in [-0.2, -0.15) is 0 Å². The Hall–Kier alpha value is -1.78. The highest BCUT2D eigenvalue weighted by atomic mass is 19.1. The van der Waals surface area contributed by atoms with Crippen LogP contribution in [-0.2, 0) is 10.2 Å². The van der Waals surface area contributed by atoms with Crippen molar-refractivity contribution in [2.75, 3.05) is 0 Å². The predicted molar refractivity (Wildman–Crippen MR) is 55.0 cm³/mol.